The fraction of sp³-hybridized carbons (Fsp3) is 0.240. The van der Waals surface area contributed by atoms with Gasteiger partial charge in [-0.3, -0.25) is 4.98 Å². The normalized spacial score (nSPS) is 15.6. The Morgan fingerprint density at radius 1 is 1.09 bits per heavy atom. The molecule has 1 atom stereocenters. The van der Waals surface area contributed by atoms with Gasteiger partial charge in [0.2, 0.25) is 0 Å². The summed E-state index contributed by atoms with van der Waals surface area (Å²) >= 11 is 0. The number of hydrogen-bond acceptors (Lipinski definition) is 7. The Kier molecular flexibility index (Phi) is 4.38. The molecule has 164 valence electrons. The highest BCUT2D eigenvalue weighted by atomic mass is 16.5. The van der Waals surface area contributed by atoms with Crippen LogP contribution in [-0.4, -0.2) is 35.2 Å². The molecule has 5 aromatic rings. The van der Waals surface area contributed by atoms with Gasteiger partial charge >= 0.3 is 0 Å². The van der Waals surface area contributed by atoms with Crippen LogP contribution in [0.3, 0.4) is 0 Å². The maximum absolute atomic E-state index is 12.4. The summed E-state index contributed by atoms with van der Waals surface area (Å²) in [4.78, 5) is 21.5. The van der Waals surface area contributed by atoms with Crippen LogP contribution in [0.15, 0.2) is 59.6 Å². The third kappa shape index (κ3) is 3.14. The molecule has 8 nitrogen and oxygen atoms in total. The van der Waals surface area contributed by atoms with Crippen LogP contribution in [0.5, 0.6) is 0 Å². The molecule has 4 aromatic heterocycles. The van der Waals surface area contributed by atoms with Gasteiger partial charge < -0.3 is 14.6 Å². The summed E-state index contributed by atoms with van der Waals surface area (Å²) in [7, 11) is 0. The van der Waals surface area contributed by atoms with E-state index in [0.29, 0.717) is 28.3 Å². The SMILES string of the molecule is Cc1noc(C)c1-c1cc(C(O)(c2cccnc2)c2ncccn2)c2nc(C3CC3)[nH]c2c1. The quantitative estimate of drug-likeness (QED) is 0.423. The molecule has 2 N–H and O–H groups in total. The molecule has 0 radical (unpaired) electrons. The van der Waals surface area contributed by atoms with Crippen LogP contribution < -0.4 is 0 Å². The van der Waals surface area contributed by atoms with Gasteiger partial charge in [0.25, 0.3) is 0 Å². The number of fused-ring (bicyclic) bond motifs is 1. The van der Waals surface area contributed by atoms with E-state index >= 15 is 0 Å². The minimum absolute atomic E-state index is 0.256. The largest absolute Gasteiger partial charge is 0.373 e. The average molecular weight is 438 g/mol. The molecule has 6 rings (SSSR count). The Morgan fingerprint density at radius 3 is 2.58 bits per heavy atom. The van der Waals surface area contributed by atoms with Crippen molar-refractivity contribution in [2.75, 3.05) is 0 Å². The van der Waals surface area contributed by atoms with E-state index < -0.39 is 5.60 Å². The first-order valence-corrected chi connectivity index (χ1v) is 10.9. The number of nitrogens with one attached hydrogen (secondary N) is 1. The van der Waals surface area contributed by atoms with Crippen molar-refractivity contribution in [2.45, 2.75) is 38.2 Å². The Hall–Kier alpha value is -3.91. The summed E-state index contributed by atoms with van der Waals surface area (Å²) in [5.74, 6) is 2.32. The fourth-order valence-electron chi connectivity index (χ4n) is 4.47. The third-order valence-corrected chi connectivity index (χ3v) is 6.25. The molecule has 1 fully saturated rings. The van der Waals surface area contributed by atoms with Crippen LogP contribution >= 0.6 is 0 Å². The standard InChI is InChI=1S/C25H22N6O2/c1-14-21(15(2)33-31-14)17-11-19(22-20(12-17)29-23(30-22)16-6-7-16)25(32,18-5-3-8-26-13-18)24-27-9-4-10-28-24/h3-5,8-13,16,32H,6-7H2,1-2H3,(H,29,30). The van der Waals surface area contributed by atoms with Gasteiger partial charge in [0.05, 0.1) is 16.7 Å². The molecule has 0 spiro atoms. The lowest BCUT2D eigenvalue weighted by molar-refractivity contribution is 0.116. The number of nitrogens with zero attached hydrogens (tertiary/aromatic N) is 5. The number of aromatic amines is 1. The van der Waals surface area contributed by atoms with E-state index in [9.17, 15) is 5.11 Å². The molecular weight excluding hydrogens is 416 g/mol. The number of rotatable bonds is 5. The van der Waals surface area contributed by atoms with Gasteiger partial charge in [-0.05, 0) is 56.5 Å². The van der Waals surface area contributed by atoms with E-state index in [-0.39, 0.29) is 5.82 Å². The molecule has 1 aliphatic carbocycles. The molecule has 1 aromatic carbocycles. The van der Waals surface area contributed by atoms with Crippen molar-refractivity contribution >= 4 is 11.0 Å². The Morgan fingerprint density at radius 2 is 1.91 bits per heavy atom. The van der Waals surface area contributed by atoms with Gasteiger partial charge in [-0.2, -0.15) is 0 Å². The number of imidazole rings is 1. The second kappa shape index (κ2) is 7.31. The summed E-state index contributed by atoms with van der Waals surface area (Å²) in [6.07, 6.45) is 8.78. The van der Waals surface area contributed by atoms with E-state index in [1.165, 1.54) is 0 Å². The molecule has 1 saturated carbocycles. The molecule has 0 saturated heterocycles. The summed E-state index contributed by atoms with van der Waals surface area (Å²) in [6, 6.07) is 9.32. The zero-order chi connectivity index (χ0) is 22.6. The van der Waals surface area contributed by atoms with Crippen LogP contribution in [0.2, 0.25) is 0 Å². The second-order valence-electron chi connectivity index (χ2n) is 8.54. The monoisotopic (exact) mass is 438 g/mol. The fourth-order valence-corrected chi connectivity index (χ4v) is 4.47. The lowest BCUT2D eigenvalue weighted by atomic mass is 9.83. The molecule has 33 heavy (non-hydrogen) atoms. The molecule has 4 heterocycles. The predicted molar refractivity (Wildman–Crippen MR) is 121 cm³/mol. The van der Waals surface area contributed by atoms with Crippen molar-refractivity contribution in [3.05, 3.63) is 89.3 Å². The first kappa shape index (κ1) is 19.8. The average Bonchev–Trinajstić information content (AvgIpc) is 3.53. The number of pyridine rings is 1. The first-order valence-electron chi connectivity index (χ1n) is 10.9. The third-order valence-electron chi connectivity index (χ3n) is 6.25. The van der Waals surface area contributed by atoms with Gasteiger partial charge in [-0.25, -0.2) is 15.0 Å². The number of hydrogen-bond donors (Lipinski definition) is 2. The molecule has 0 aliphatic heterocycles. The molecule has 1 unspecified atom stereocenters. The minimum Gasteiger partial charge on any atom is -0.373 e. The van der Waals surface area contributed by atoms with Crippen molar-refractivity contribution in [2.24, 2.45) is 0 Å². The molecular formula is C25H22N6O2. The van der Waals surface area contributed by atoms with Crippen LogP contribution in [0.1, 0.15) is 53.0 Å². The highest BCUT2D eigenvalue weighted by Gasteiger charge is 2.40. The number of benzene rings is 1. The van der Waals surface area contributed by atoms with Crippen LogP contribution in [-0.2, 0) is 5.60 Å². The number of aliphatic hydroxyl groups is 1. The lowest BCUT2D eigenvalue weighted by Crippen LogP contribution is -2.32. The van der Waals surface area contributed by atoms with Crippen molar-refractivity contribution in [3.63, 3.8) is 0 Å². The number of aryl methyl sites for hydroxylation is 2. The van der Waals surface area contributed by atoms with Crippen LogP contribution in [0.25, 0.3) is 22.2 Å². The van der Waals surface area contributed by atoms with Crippen molar-refractivity contribution < 1.29 is 9.63 Å². The van der Waals surface area contributed by atoms with E-state index in [1.807, 2.05) is 32.0 Å². The number of H-pyrrole nitrogens is 1. The molecule has 1 aliphatic rings. The second-order valence-corrected chi connectivity index (χ2v) is 8.54. The summed E-state index contributed by atoms with van der Waals surface area (Å²) in [5.41, 5.74) is 3.54. The van der Waals surface area contributed by atoms with Crippen LogP contribution in [0, 0.1) is 13.8 Å². The van der Waals surface area contributed by atoms with Gasteiger partial charge in [-0.1, -0.05) is 11.2 Å². The van der Waals surface area contributed by atoms with Gasteiger partial charge in [0, 0.05) is 47.4 Å². The summed E-state index contributed by atoms with van der Waals surface area (Å²) < 4.78 is 5.44. The van der Waals surface area contributed by atoms with Crippen LogP contribution in [0.4, 0.5) is 0 Å². The van der Waals surface area contributed by atoms with E-state index in [2.05, 4.69) is 25.1 Å². The first-order chi connectivity index (χ1) is 16.1. The highest BCUT2D eigenvalue weighted by Crippen LogP contribution is 2.44. The van der Waals surface area contributed by atoms with Gasteiger partial charge in [-0.15, -0.1) is 0 Å². The predicted octanol–water partition coefficient (Wildman–Crippen LogP) is 4.18. The van der Waals surface area contributed by atoms with Crippen molar-refractivity contribution in [1.82, 2.24) is 30.1 Å². The van der Waals surface area contributed by atoms with Gasteiger partial charge in [0.15, 0.2) is 11.4 Å². The molecule has 0 amide bonds. The Bertz CT molecular complexity index is 1400. The Balaban J connectivity index is 1.70. The summed E-state index contributed by atoms with van der Waals surface area (Å²) in [5, 5.41) is 16.5. The number of aromatic nitrogens is 6. The van der Waals surface area contributed by atoms with E-state index in [0.717, 1.165) is 41.0 Å². The van der Waals surface area contributed by atoms with E-state index in [4.69, 9.17) is 9.51 Å². The summed E-state index contributed by atoms with van der Waals surface area (Å²) in [6.45, 7) is 3.79. The van der Waals surface area contributed by atoms with Gasteiger partial charge in [0.1, 0.15) is 11.6 Å². The smallest absolute Gasteiger partial charge is 0.178 e. The highest BCUT2D eigenvalue weighted by molar-refractivity contribution is 5.88. The molecule has 0 bridgehead atoms. The zero-order valence-corrected chi connectivity index (χ0v) is 18.3. The minimum atomic E-state index is -1.67. The van der Waals surface area contributed by atoms with Crippen molar-refractivity contribution in [1.29, 1.82) is 0 Å². The van der Waals surface area contributed by atoms with E-state index in [1.54, 1.807) is 36.9 Å². The topological polar surface area (TPSA) is 114 Å². The molecule has 8 heteroatoms. The lowest BCUT2D eigenvalue weighted by Gasteiger charge is -2.28. The maximum atomic E-state index is 12.4. The Labute approximate surface area is 189 Å². The van der Waals surface area contributed by atoms with Crippen molar-refractivity contribution in [3.8, 4) is 11.1 Å². The zero-order valence-electron chi connectivity index (χ0n) is 18.3. The maximum Gasteiger partial charge on any atom is 0.178 e.